The Bertz CT molecular complexity index is 419. The SMILES string of the molecule is CC(C)COCCCNC(=O)C(C)c1cccc(N)c1. The Balaban J connectivity index is 2.25. The molecular formula is C16H26N2O2. The largest absolute Gasteiger partial charge is 0.399 e. The van der Waals surface area contributed by atoms with Crippen molar-refractivity contribution in [2.75, 3.05) is 25.5 Å². The molecule has 1 atom stereocenters. The van der Waals surface area contributed by atoms with Crippen LogP contribution in [0, 0.1) is 5.92 Å². The van der Waals surface area contributed by atoms with E-state index in [9.17, 15) is 4.79 Å². The number of nitrogen functional groups attached to an aromatic ring is 1. The summed E-state index contributed by atoms with van der Waals surface area (Å²) >= 11 is 0. The van der Waals surface area contributed by atoms with Crippen molar-refractivity contribution in [3.05, 3.63) is 29.8 Å². The zero-order valence-electron chi connectivity index (χ0n) is 12.7. The van der Waals surface area contributed by atoms with Crippen LogP contribution in [0.25, 0.3) is 0 Å². The molecule has 1 aromatic carbocycles. The van der Waals surface area contributed by atoms with E-state index in [1.807, 2.05) is 31.2 Å². The summed E-state index contributed by atoms with van der Waals surface area (Å²) < 4.78 is 5.47. The summed E-state index contributed by atoms with van der Waals surface area (Å²) in [7, 11) is 0. The van der Waals surface area contributed by atoms with Crippen molar-refractivity contribution in [3.8, 4) is 0 Å². The second-order valence-electron chi connectivity index (χ2n) is 5.51. The molecule has 4 heteroatoms. The fourth-order valence-corrected chi connectivity index (χ4v) is 1.84. The number of amides is 1. The second-order valence-corrected chi connectivity index (χ2v) is 5.51. The van der Waals surface area contributed by atoms with E-state index in [-0.39, 0.29) is 11.8 Å². The van der Waals surface area contributed by atoms with Gasteiger partial charge in [0.25, 0.3) is 0 Å². The van der Waals surface area contributed by atoms with Crippen molar-refractivity contribution in [2.24, 2.45) is 5.92 Å². The number of hydrogen-bond donors (Lipinski definition) is 2. The van der Waals surface area contributed by atoms with Gasteiger partial charge in [0.2, 0.25) is 5.91 Å². The number of rotatable bonds is 8. The molecule has 0 aliphatic rings. The normalized spacial score (nSPS) is 12.4. The van der Waals surface area contributed by atoms with Crippen molar-refractivity contribution in [2.45, 2.75) is 33.1 Å². The molecule has 1 unspecified atom stereocenters. The Hall–Kier alpha value is -1.55. The predicted molar refractivity (Wildman–Crippen MR) is 82.6 cm³/mol. The zero-order chi connectivity index (χ0) is 15.0. The van der Waals surface area contributed by atoms with E-state index in [0.29, 0.717) is 24.8 Å². The van der Waals surface area contributed by atoms with Gasteiger partial charge < -0.3 is 15.8 Å². The Morgan fingerprint density at radius 3 is 2.75 bits per heavy atom. The van der Waals surface area contributed by atoms with Crippen LogP contribution in [0.5, 0.6) is 0 Å². The fraction of sp³-hybridized carbons (Fsp3) is 0.562. The molecule has 0 aliphatic heterocycles. The van der Waals surface area contributed by atoms with Crippen molar-refractivity contribution in [1.29, 1.82) is 0 Å². The van der Waals surface area contributed by atoms with Gasteiger partial charge in [-0.2, -0.15) is 0 Å². The third-order valence-electron chi connectivity index (χ3n) is 3.02. The summed E-state index contributed by atoms with van der Waals surface area (Å²) in [5.41, 5.74) is 7.36. The highest BCUT2D eigenvalue weighted by Crippen LogP contribution is 2.17. The molecule has 0 spiro atoms. The minimum absolute atomic E-state index is 0.0273. The van der Waals surface area contributed by atoms with Crippen LogP contribution >= 0.6 is 0 Å². The average molecular weight is 278 g/mol. The van der Waals surface area contributed by atoms with Gasteiger partial charge in [0, 0.05) is 25.4 Å². The lowest BCUT2D eigenvalue weighted by Crippen LogP contribution is -2.29. The van der Waals surface area contributed by atoms with Gasteiger partial charge in [-0.25, -0.2) is 0 Å². The third kappa shape index (κ3) is 6.06. The minimum Gasteiger partial charge on any atom is -0.399 e. The highest BCUT2D eigenvalue weighted by Gasteiger charge is 2.14. The van der Waals surface area contributed by atoms with Crippen LogP contribution in [0.3, 0.4) is 0 Å². The lowest BCUT2D eigenvalue weighted by atomic mass is 10.00. The number of carbonyl (C=O) groups excluding carboxylic acids is 1. The number of carbonyl (C=O) groups is 1. The number of nitrogens with two attached hydrogens (primary N) is 1. The summed E-state index contributed by atoms with van der Waals surface area (Å²) in [4.78, 5) is 12.0. The van der Waals surface area contributed by atoms with Crippen LogP contribution in [-0.4, -0.2) is 25.7 Å². The smallest absolute Gasteiger partial charge is 0.227 e. The van der Waals surface area contributed by atoms with Crippen LogP contribution in [-0.2, 0) is 9.53 Å². The summed E-state index contributed by atoms with van der Waals surface area (Å²) in [6.45, 7) is 8.23. The summed E-state index contributed by atoms with van der Waals surface area (Å²) in [6, 6.07) is 7.46. The van der Waals surface area contributed by atoms with Gasteiger partial charge in [-0.15, -0.1) is 0 Å². The van der Waals surface area contributed by atoms with Crippen molar-refractivity contribution in [1.82, 2.24) is 5.32 Å². The molecule has 112 valence electrons. The van der Waals surface area contributed by atoms with Gasteiger partial charge in [-0.1, -0.05) is 26.0 Å². The van der Waals surface area contributed by atoms with Crippen LogP contribution < -0.4 is 11.1 Å². The first-order valence-corrected chi connectivity index (χ1v) is 7.21. The van der Waals surface area contributed by atoms with Crippen molar-refractivity contribution >= 4 is 11.6 Å². The molecule has 0 fully saturated rings. The molecule has 0 saturated carbocycles. The molecule has 0 radical (unpaired) electrons. The molecular weight excluding hydrogens is 252 g/mol. The van der Waals surface area contributed by atoms with E-state index in [2.05, 4.69) is 19.2 Å². The molecule has 20 heavy (non-hydrogen) atoms. The van der Waals surface area contributed by atoms with Gasteiger partial charge in [0.05, 0.1) is 5.92 Å². The number of benzene rings is 1. The van der Waals surface area contributed by atoms with Gasteiger partial charge in [0.15, 0.2) is 0 Å². The summed E-state index contributed by atoms with van der Waals surface area (Å²) in [5.74, 6) is 0.391. The topological polar surface area (TPSA) is 64.3 Å². The molecule has 1 amide bonds. The fourth-order valence-electron chi connectivity index (χ4n) is 1.84. The van der Waals surface area contributed by atoms with Crippen molar-refractivity contribution in [3.63, 3.8) is 0 Å². The first-order valence-electron chi connectivity index (χ1n) is 7.21. The third-order valence-corrected chi connectivity index (χ3v) is 3.02. The van der Waals surface area contributed by atoms with E-state index in [4.69, 9.17) is 10.5 Å². The van der Waals surface area contributed by atoms with Crippen LogP contribution in [0.2, 0.25) is 0 Å². The Morgan fingerprint density at radius 2 is 2.10 bits per heavy atom. The molecule has 0 aliphatic carbocycles. The molecule has 1 rings (SSSR count). The van der Waals surface area contributed by atoms with Gasteiger partial charge >= 0.3 is 0 Å². The predicted octanol–water partition coefficient (Wildman–Crippen LogP) is 2.55. The number of nitrogens with one attached hydrogen (secondary N) is 1. The lowest BCUT2D eigenvalue weighted by molar-refractivity contribution is -0.122. The molecule has 1 aromatic rings. The molecule has 0 saturated heterocycles. The van der Waals surface area contributed by atoms with Crippen LogP contribution in [0.4, 0.5) is 5.69 Å². The maximum absolute atomic E-state index is 12.0. The van der Waals surface area contributed by atoms with Crippen LogP contribution in [0.1, 0.15) is 38.7 Å². The molecule has 0 heterocycles. The lowest BCUT2D eigenvalue weighted by Gasteiger charge is -2.13. The van der Waals surface area contributed by atoms with E-state index >= 15 is 0 Å². The molecule has 0 bridgehead atoms. The molecule has 3 N–H and O–H groups in total. The molecule has 0 aromatic heterocycles. The number of anilines is 1. The second kappa shape index (κ2) is 8.59. The standard InChI is InChI=1S/C16H26N2O2/c1-12(2)11-20-9-5-8-18-16(19)13(3)14-6-4-7-15(17)10-14/h4,6-7,10,12-13H,5,8-9,11,17H2,1-3H3,(H,18,19). The van der Waals surface area contributed by atoms with Crippen molar-refractivity contribution < 1.29 is 9.53 Å². The summed E-state index contributed by atoms with van der Waals surface area (Å²) in [6.07, 6.45) is 0.835. The van der Waals surface area contributed by atoms with Gasteiger partial charge in [-0.3, -0.25) is 4.79 Å². The number of hydrogen-bond acceptors (Lipinski definition) is 3. The Kier molecular flexibility index (Phi) is 7.09. The summed E-state index contributed by atoms with van der Waals surface area (Å²) in [5, 5.41) is 2.93. The van der Waals surface area contributed by atoms with E-state index in [0.717, 1.165) is 18.6 Å². The quantitative estimate of drug-likeness (QED) is 0.567. The first-order chi connectivity index (χ1) is 9.50. The van der Waals surface area contributed by atoms with Gasteiger partial charge in [-0.05, 0) is 37.0 Å². The van der Waals surface area contributed by atoms with E-state index < -0.39 is 0 Å². The van der Waals surface area contributed by atoms with Crippen LogP contribution in [0.15, 0.2) is 24.3 Å². The average Bonchev–Trinajstić information content (AvgIpc) is 2.41. The highest BCUT2D eigenvalue weighted by molar-refractivity contribution is 5.83. The highest BCUT2D eigenvalue weighted by atomic mass is 16.5. The maximum atomic E-state index is 12.0. The molecule has 4 nitrogen and oxygen atoms in total. The minimum atomic E-state index is -0.185. The van der Waals surface area contributed by atoms with Gasteiger partial charge in [0.1, 0.15) is 0 Å². The number of ether oxygens (including phenoxy) is 1. The first kappa shape index (κ1) is 16.5. The monoisotopic (exact) mass is 278 g/mol. The maximum Gasteiger partial charge on any atom is 0.227 e. The Labute approximate surface area is 121 Å². The van der Waals surface area contributed by atoms with E-state index in [1.54, 1.807) is 0 Å². The Morgan fingerprint density at radius 1 is 1.35 bits per heavy atom. The van der Waals surface area contributed by atoms with E-state index in [1.165, 1.54) is 0 Å². The zero-order valence-corrected chi connectivity index (χ0v) is 12.7.